The number of hydrogen-bond acceptors (Lipinski definition) is 3. The minimum atomic E-state index is -0.939. The summed E-state index contributed by atoms with van der Waals surface area (Å²) in [5.74, 6) is -0.883. The predicted octanol–water partition coefficient (Wildman–Crippen LogP) is 2.52. The number of rotatable bonds is 10. The van der Waals surface area contributed by atoms with Gasteiger partial charge in [-0.1, -0.05) is 13.0 Å². The van der Waals surface area contributed by atoms with Gasteiger partial charge in [0.1, 0.15) is 5.78 Å². The Morgan fingerprint density at radius 2 is 1.53 bits per heavy atom. The van der Waals surface area contributed by atoms with Gasteiger partial charge in [0.25, 0.3) is 0 Å². The molecule has 0 amide bonds. The lowest BCUT2D eigenvalue weighted by Crippen LogP contribution is -2.03. The van der Waals surface area contributed by atoms with E-state index in [-0.39, 0.29) is 24.4 Å². The lowest BCUT2D eigenvalue weighted by atomic mass is 10.0. The molecule has 4 nitrogen and oxygen atoms in total. The van der Waals surface area contributed by atoms with Gasteiger partial charge in [-0.2, -0.15) is 0 Å². The Labute approximate surface area is 102 Å². The molecule has 0 radical (unpaired) electrons. The lowest BCUT2D eigenvalue weighted by molar-refractivity contribution is -0.138. The second-order valence-corrected chi connectivity index (χ2v) is 4.20. The fourth-order valence-electron chi connectivity index (χ4n) is 1.37. The van der Waals surface area contributed by atoms with Crippen LogP contribution in [0.2, 0.25) is 0 Å². The highest BCUT2D eigenvalue weighted by Gasteiger charge is 2.06. The summed E-state index contributed by atoms with van der Waals surface area (Å²) in [6.45, 7) is 5.26. The summed E-state index contributed by atoms with van der Waals surface area (Å²) in [7, 11) is 0. The van der Waals surface area contributed by atoms with Gasteiger partial charge in [0.15, 0.2) is 5.78 Å². The van der Waals surface area contributed by atoms with Gasteiger partial charge < -0.3 is 5.11 Å². The van der Waals surface area contributed by atoms with Gasteiger partial charge in [0.05, 0.1) is 6.42 Å². The quantitative estimate of drug-likeness (QED) is 0.470. The molecule has 0 aliphatic heterocycles. The maximum Gasteiger partial charge on any atom is 0.303 e. The van der Waals surface area contributed by atoms with E-state index in [2.05, 4.69) is 6.58 Å². The molecule has 0 aliphatic rings. The third kappa shape index (κ3) is 9.48. The Hall–Kier alpha value is -1.45. The summed E-state index contributed by atoms with van der Waals surface area (Å²) in [6.07, 6.45) is 3.22. The summed E-state index contributed by atoms with van der Waals surface area (Å²) in [6, 6.07) is 0. The highest BCUT2D eigenvalue weighted by Crippen LogP contribution is 2.08. The van der Waals surface area contributed by atoms with Crippen molar-refractivity contribution in [3.63, 3.8) is 0 Å². The average molecular weight is 240 g/mol. The average Bonchev–Trinajstić information content (AvgIpc) is 2.25. The normalized spacial score (nSPS) is 9.94. The number of allylic oxidation sites excluding steroid dienone is 1. The van der Waals surface area contributed by atoms with Crippen LogP contribution in [0, 0.1) is 0 Å². The van der Waals surface area contributed by atoms with Crippen molar-refractivity contribution in [2.24, 2.45) is 0 Å². The third-order valence-electron chi connectivity index (χ3n) is 2.45. The molecule has 0 fully saturated rings. The number of aliphatic carboxylic acids is 1. The van der Waals surface area contributed by atoms with E-state index in [1.807, 2.05) is 0 Å². The van der Waals surface area contributed by atoms with Gasteiger partial charge in [-0.3, -0.25) is 14.4 Å². The Morgan fingerprint density at radius 3 is 2.06 bits per heavy atom. The van der Waals surface area contributed by atoms with E-state index >= 15 is 0 Å². The first-order valence-electron chi connectivity index (χ1n) is 5.85. The van der Waals surface area contributed by atoms with Crippen LogP contribution < -0.4 is 0 Å². The van der Waals surface area contributed by atoms with Gasteiger partial charge in [-0.05, 0) is 25.3 Å². The van der Waals surface area contributed by atoms with Gasteiger partial charge in [-0.25, -0.2) is 0 Å². The van der Waals surface area contributed by atoms with Crippen LogP contribution in [-0.4, -0.2) is 22.6 Å². The largest absolute Gasteiger partial charge is 0.481 e. The van der Waals surface area contributed by atoms with Crippen molar-refractivity contribution in [3.05, 3.63) is 12.2 Å². The van der Waals surface area contributed by atoms with Crippen molar-refractivity contribution in [2.45, 2.75) is 51.9 Å². The summed E-state index contributed by atoms with van der Waals surface area (Å²) in [5, 5.41) is 8.39. The molecule has 0 unspecified atom stereocenters. The Balaban J connectivity index is 3.45. The number of unbranched alkanes of at least 4 members (excludes halogenated alkanes) is 2. The smallest absolute Gasteiger partial charge is 0.303 e. The van der Waals surface area contributed by atoms with E-state index in [4.69, 9.17) is 5.11 Å². The predicted molar refractivity (Wildman–Crippen MR) is 64.8 cm³/mol. The van der Waals surface area contributed by atoms with E-state index in [9.17, 15) is 14.4 Å². The third-order valence-corrected chi connectivity index (χ3v) is 2.45. The first-order valence-corrected chi connectivity index (χ1v) is 5.85. The monoisotopic (exact) mass is 240 g/mol. The molecule has 0 atom stereocenters. The van der Waals surface area contributed by atoms with E-state index in [1.165, 1.54) is 0 Å². The van der Waals surface area contributed by atoms with Crippen molar-refractivity contribution >= 4 is 17.5 Å². The van der Waals surface area contributed by atoms with Crippen LogP contribution in [0.3, 0.4) is 0 Å². The SMILES string of the molecule is C=C(C)C(=O)CCCCCC(=O)CCC(=O)O. The molecule has 1 N–H and O–H groups in total. The van der Waals surface area contributed by atoms with Crippen molar-refractivity contribution in [3.8, 4) is 0 Å². The number of carbonyl (C=O) groups is 3. The van der Waals surface area contributed by atoms with Crippen LogP contribution in [0.4, 0.5) is 0 Å². The number of hydrogen-bond donors (Lipinski definition) is 1. The summed E-state index contributed by atoms with van der Waals surface area (Å²) >= 11 is 0. The maximum absolute atomic E-state index is 11.2. The lowest BCUT2D eigenvalue weighted by Gasteiger charge is -2.01. The summed E-state index contributed by atoms with van der Waals surface area (Å²) in [4.78, 5) is 32.6. The van der Waals surface area contributed by atoms with Crippen molar-refractivity contribution in [1.29, 1.82) is 0 Å². The minimum absolute atomic E-state index is 0.0152. The van der Waals surface area contributed by atoms with E-state index in [1.54, 1.807) is 6.92 Å². The fourth-order valence-corrected chi connectivity index (χ4v) is 1.37. The summed E-state index contributed by atoms with van der Waals surface area (Å²) in [5.41, 5.74) is 0.572. The zero-order valence-corrected chi connectivity index (χ0v) is 10.3. The molecule has 0 spiro atoms. The molecule has 0 rings (SSSR count). The second-order valence-electron chi connectivity index (χ2n) is 4.20. The molecule has 0 bridgehead atoms. The highest BCUT2D eigenvalue weighted by molar-refractivity contribution is 5.94. The van der Waals surface area contributed by atoms with E-state index < -0.39 is 5.97 Å². The first-order chi connectivity index (χ1) is 7.93. The van der Waals surface area contributed by atoms with Crippen molar-refractivity contribution < 1.29 is 19.5 Å². The summed E-state index contributed by atoms with van der Waals surface area (Å²) < 4.78 is 0. The van der Waals surface area contributed by atoms with Gasteiger partial charge >= 0.3 is 5.97 Å². The van der Waals surface area contributed by atoms with E-state index in [0.717, 1.165) is 19.3 Å². The molecule has 4 heteroatoms. The molecule has 0 aromatic carbocycles. The van der Waals surface area contributed by atoms with Crippen molar-refractivity contribution in [1.82, 2.24) is 0 Å². The molecule has 0 saturated heterocycles. The molecular formula is C13H20O4. The zero-order valence-electron chi connectivity index (χ0n) is 10.3. The molecule has 0 aliphatic carbocycles. The van der Waals surface area contributed by atoms with E-state index in [0.29, 0.717) is 18.4 Å². The number of ketones is 2. The van der Waals surface area contributed by atoms with Crippen LogP contribution >= 0.6 is 0 Å². The Bertz CT molecular complexity index is 305. The molecular weight excluding hydrogens is 220 g/mol. The van der Waals surface area contributed by atoms with Crippen LogP contribution in [-0.2, 0) is 14.4 Å². The molecule has 0 aromatic rings. The molecule has 0 heterocycles. The van der Waals surface area contributed by atoms with Gasteiger partial charge in [0.2, 0.25) is 0 Å². The maximum atomic E-state index is 11.2. The number of Topliss-reactive ketones (excluding diaryl/α,β-unsaturated/α-hetero) is 2. The van der Waals surface area contributed by atoms with Crippen molar-refractivity contribution in [2.75, 3.05) is 0 Å². The van der Waals surface area contributed by atoms with Crippen LogP contribution in [0.1, 0.15) is 51.9 Å². The molecule has 96 valence electrons. The number of carboxylic acids is 1. The minimum Gasteiger partial charge on any atom is -0.481 e. The van der Waals surface area contributed by atoms with Crippen LogP contribution in [0.5, 0.6) is 0 Å². The molecule has 17 heavy (non-hydrogen) atoms. The first kappa shape index (κ1) is 15.6. The van der Waals surface area contributed by atoms with Gasteiger partial charge in [0, 0.05) is 19.3 Å². The van der Waals surface area contributed by atoms with Gasteiger partial charge in [-0.15, -0.1) is 0 Å². The van der Waals surface area contributed by atoms with Crippen LogP contribution in [0.25, 0.3) is 0 Å². The number of carbonyl (C=O) groups excluding carboxylic acids is 2. The molecule has 0 saturated carbocycles. The second kappa shape index (κ2) is 8.67. The Morgan fingerprint density at radius 1 is 0.941 bits per heavy atom. The fraction of sp³-hybridized carbons (Fsp3) is 0.615. The Kier molecular flexibility index (Phi) is 7.93. The number of carboxylic acid groups (broad SMARTS) is 1. The molecule has 0 aromatic heterocycles. The standard InChI is InChI=1S/C13H20O4/c1-10(2)12(15)7-5-3-4-6-11(14)8-9-13(16)17/h1,3-9H2,2H3,(H,16,17). The topological polar surface area (TPSA) is 71.4 Å². The highest BCUT2D eigenvalue weighted by atomic mass is 16.4. The zero-order chi connectivity index (χ0) is 13.3. The van der Waals surface area contributed by atoms with Crippen LogP contribution in [0.15, 0.2) is 12.2 Å².